The Bertz CT molecular complexity index is 318. The molecule has 1 aromatic carbocycles. The number of hydrogen-bond acceptors (Lipinski definition) is 2. The van der Waals surface area contributed by atoms with Crippen LogP contribution in [0.15, 0.2) is 30.3 Å². The van der Waals surface area contributed by atoms with Gasteiger partial charge in [0.05, 0.1) is 6.10 Å². The standard InChI is InChI=1S/C12H14O2/c13-11-6-10(7-12(14)8-11)9-4-2-1-3-5-9/h1-5,10-11,13H,6-8H2/t10-,11+/m0/s1. The summed E-state index contributed by atoms with van der Waals surface area (Å²) in [5, 5.41) is 9.49. The van der Waals surface area contributed by atoms with Crippen LogP contribution >= 0.6 is 0 Å². The SMILES string of the molecule is O=C1C[C@H](O)C[C@H](c2ccccc2)C1. The fraction of sp³-hybridized carbons (Fsp3) is 0.417. The van der Waals surface area contributed by atoms with Crippen molar-refractivity contribution in [3.63, 3.8) is 0 Å². The van der Waals surface area contributed by atoms with Gasteiger partial charge in [-0.1, -0.05) is 30.3 Å². The summed E-state index contributed by atoms with van der Waals surface area (Å²) in [6.45, 7) is 0. The van der Waals surface area contributed by atoms with Gasteiger partial charge in [0, 0.05) is 12.8 Å². The molecule has 2 rings (SSSR count). The van der Waals surface area contributed by atoms with Crippen LogP contribution in [0.2, 0.25) is 0 Å². The first-order chi connectivity index (χ1) is 6.75. The van der Waals surface area contributed by atoms with E-state index in [1.54, 1.807) is 0 Å². The van der Waals surface area contributed by atoms with E-state index in [0.29, 0.717) is 12.8 Å². The molecular weight excluding hydrogens is 176 g/mol. The third-order valence-corrected chi connectivity index (χ3v) is 2.76. The minimum atomic E-state index is -0.443. The zero-order valence-electron chi connectivity index (χ0n) is 8.02. The summed E-state index contributed by atoms with van der Waals surface area (Å²) in [6.07, 6.45) is 1.20. The number of aliphatic hydroxyl groups excluding tert-OH is 1. The molecule has 14 heavy (non-hydrogen) atoms. The Hall–Kier alpha value is -1.15. The predicted octanol–water partition coefficient (Wildman–Crippen LogP) is 1.88. The van der Waals surface area contributed by atoms with Gasteiger partial charge in [0.2, 0.25) is 0 Å². The van der Waals surface area contributed by atoms with Gasteiger partial charge in [-0.3, -0.25) is 4.79 Å². The molecule has 2 nitrogen and oxygen atoms in total. The number of carbonyl (C=O) groups excluding carboxylic acids is 1. The third-order valence-electron chi connectivity index (χ3n) is 2.76. The Morgan fingerprint density at radius 1 is 1.14 bits per heavy atom. The van der Waals surface area contributed by atoms with E-state index in [-0.39, 0.29) is 11.7 Å². The summed E-state index contributed by atoms with van der Waals surface area (Å²) >= 11 is 0. The van der Waals surface area contributed by atoms with Crippen molar-refractivity contribution in [2.45, 2.75) is 31.3 Å². The smallest absolute Gasteiger partial charge is 0.136 e. The zero-order valence-corrected chi connectivity index (χ0v) is 8.02. The van der Waals surface area contributed by atoms with E-state index in [2.05, 4.69) is 0 Å². The molecule has 2 heteroatoms. The first-order valence-electron chi connectivity index (χ1n) is 5.00. The van der Waals surface area contributed by atoms with Crippen molar-refractivity contribution in [1.29, 1.82) is 0 Å². The van der Waals surface area contributed by atoms with Crippen LogP contribution in [0.4, 0.5) is 0 Å². The van der Waals surface area contributed by atoms with Crippen molar-refractivity contribution in [3.8, 4) is 0 Å². The molecule has 1 N–H and O–H groups in total. The minimum Gasteiger partial charge on any atom is -0.393 e. The highest BCUT2D eigenvalue weighted by atomic mass is 16.3. The van der Waals surface area contributed by atoms with E-state index >= 15 is 0 Å². The maximum Gasteiger partial charge on any atom is 0.136 e. The first kappa shape index (κ1) is 9.41. The number of benzene rings is 1. The van der Waals surface area contributed by atoms with Crippen LogP contribution in [0, 0.1) is 0 Å². The molecule has 1 saturated carbocycles. The summed E-state index contributed by atoms with van der Waals surface area (Å²) in [5.41, 5.74) is 1.17. The Morgan fingerprint density at radius 3 is 2.50 bits per heavy atom. The van der Waals surface area contributed by atoms with Crippen molar-refractivity contribution >= 4 is 5.78 Å². The molecule has 0 aliphatic heterocycles. The van der Waals surface area contributed by atoms with Crippen LogP contribution in [-0.4, -0.2) is 17.0 Å². The average Bonchev–Trinajstić information content (AvgIpc) is 2.18. The quantitative estimate of drug-likeness (QED) is 0.734. The van der Waals surface area contributed by atoms with Crippen LogP contribution < -0.4 is 0 Å². The van der Waals surface area contributed by atoms with Gasteiger partial charge in [-0.05, 0) is 17.9 Å². The lowest BCUT2D eigenvalue weighted by molar-refractivity contribution is -0.123. The molecule has 1 aliphatic rings. The molecule has 1 aromatic rings. The number of Topliss-reactive ketones (excluding diaryl/α,β-unsaturated/α-hetero) is 1. The average molecular weight is 190 g/mol. The van der Waals surface area contributed by atoms with Gasteiger partial charge in [-0.25, -0.2) is 0 Å². The topological polar surface area (TPSA) is 37.3 Å². The highest BCUT2D eigenvalue weighted by molar-refractivity contribution is 5.80. The molecule has 0 spiro atoms. The fourth-order valence-electron chi connectivity index (χ4n) is 2.10. The van der Waals surface area contributed by atoms with Crippen molar-refractivity contribution in [1.82, 2.24) is 0 Å². The number of rotatable bonds is 1. The lowest BCUT2D eigenvalue weighted by Gasteiger charge is -2.25. The second kappa shape index (κ2) is 3.93. The molecule has 0 radical (unpaired) electrons. The number of aliphatic hydroxyl groups is 1. The van der Waals surface area contributed by atoms with Crippen LogP contribution in [0.1, 0.15) is 30.7 Å². The van der Waals surface area contributed by atoms with E-state index in [1.807, 2.05) is 30.3 Å². The van der Waals surface area contributed by atoms with E-state index in [0.717, 1.165) is 6.42 Å². The normalized spacial score (nSPS) is 27.6. The maximum absolute atomic E-state index is 11.3. The van der Waals surface area contributed by atoms with Crippen LogP contribution in [0.25, 0.3) is 0 Å². The van der Waals surface area contributed by atoms with Crippen LogP contribution in [-0.2, 0) is 4.79 Å². The largest absolute Gasteiger partial charge is 0.393 e. The molecule has 1 fully saturated rings. The molecular formula is C12H14O2. The zero-order chi connectivity index (χ0) is 9.97. The summed E-state index contributed by atoms with van der Waals surface area (Å²) in [4.78, 5) is 11.3. The molecule has 0 amide bonds. The summed E-state index contributed by atoms with van der Waals surface area (Å²) < 4.78 is 0. The van der Waals surface area contributed by atoms with Gasteiger partial charge >= 0.3 is 0 Å². The predicted molar refractivity (Wildman–Crippen MR) is 54.0 cm³/mol. The van der Waals surface area contributed by atoms with Crippen LogP contribution in [0.3, 0.4) is 0 Å². The maximum atomic E-state index is 11.3. The summed E-state index contributed by atoms with van der Waals surface area (Å²) in [5.74, 6) is 0.394. The summed E-state index contributed by atoms with van der Waals surface area (Å²) in [7, 11) is 0. The van der Waals surface area contributed by atoms with E-state index in [4.69, 9.17) is 0 Å². The lowest BCUT2D eigenvalue weighted by atomic mass is 9.82. The molecule has 2 atom stereocenters. The van der Waals surface area contributed by atoms with Gasteiger partial charge in [0.25, 0.3) is 0 Å². The number of hydrogen-bond donors (Lipinski definition) is 1. The highest BCUT2D eigenvalue weighted by Crippen LogP contribution is 2.30. The lowest BCUT2D eigenvalue weighted by Crippen LogP contribution is -2.25. The third kappa shape index (κ3) is 2.02. The number of carbonyl (C=O) groups is 1. The minimum absolute atomic E-state index is 0.178. The highest BCUT2D eigenvalue weighted by Gasteiger charge is 2.26. The molecule has 0 saturated heterocycles. The van der Waals surface area contributed by atoms with Gasteiger partial charge in [-0.15, -0.1) is 0 Å². The Kier molecular flexibility index (Phi) is 2.64. The Morgan fingerprint density at radius 2 is 1.86 bits per heavy atom. The monoisotopic (exact) mass is 190 g/mol. The van der Waals surface area contributed by atoms with Gasteiger partial charge < -0.3 is 5.11 Å². The molecule has 0 aromatic heterocycles. The molecule has 0 unspecified atom stereocenters. The Balaban J connectivity index is 2.15. The second-order valence-corrected chi connectivity index (χ2v) is 3.94. The first-order valence-corrected chi connectivity index (χ1v) is 5.00. The fourth-order valence-corrected chi connectivity index (χ4v) is 2.10. The molecule has 1 aliphatic carbocycles. The van der Waals surface area contributed by atoms with Gasteiger partial charge in [0.15, 0.2) is 0 Å². The Labute approximate surface area is 83.6 Å². The van der Waals surface area contributed by atoms with Gasteiger partial charge in [0.1, 0.15) is 5.78 Å². The van der Waals surface area contributed by atoms with E-state index in [9.17, 15) is 9.90 Å². The number of ketones is 1. The van der Waals surface area contributed by atoms with Crippen molar-refractivity contribution in [3.05, 3.63) is 35.9 Å². The van der Waals surface area contributed by atoms with Crippen LogP contribution in [0.5, 0.6) is 0 Å². The second-order valence-electron chi connectivity index (χ2n) is 3.94. The summed E-state index contributed by atoms with van der Waals surface area (Å²) in [6, 6.07) is 9.96. The molecule has 74 valence electrons. The van der Waals surface area contributed by atoms with Gasteiger partial charge in [-0.2, -0.15) is 0 Å². The molecule has 0 bridgehead atoms. The van der Waals surface area contributed by atoms with Crippen molar-refractivity contribution < 1.29 is 9.90 Å². The van der Waals surface area contributed by atoms with Crippen molar-refractivity contribution in [2.24, 2.45) is 0 Å². The molecule has 0 heterocycles. The van der Waals surface area contributed by atoms with Crippen molar-refractivity contribution in [2.75, 3.05) is 0 Å². The van der Waals surface area contributed by atoms with E-state index in [1.165, 1.54) is 5.56 Å². The van der Waals surface area contributed by atoms with E-state index < -0.39 is 6.10 Å².